The molecule has 2 aromatic heterocycles. The summed E-state index contributed by atoms with van der Waals surface area (Å²) in [4.78, 5) is 5.39. The molecule has 1 unspecified atom stereocenters. The van der Waals surface area contributed by atoms with E-state index < -0.39 is 0 Å². The molecule has 1 N–H and O–H groups in total. The normalized spacial score (nSPS) is 14.9. The van der Waals surface area contributed by atoms with Gasteiger partial charge in [0.25, 0.3) is 0 Å². The van der Waals surface area contributed by atoms with Gasteiger partial charge in [-0.3, -0.25) is 4.99 Å². The topological polar surface area (TPSA) is 24.4 Å². The van der Waals surface area contributed by atoms with Crippen LogP contribution in [0.5, 0.6) is 0 Å². The van der Waals surface area contributed by atoms with Crippen molar-refractivity contribution < 1.29 is 0 Å². The highest BCUT2D eigenvalue weighted by molar-refractivity contribution is 7.26. The summed E-state index contributed by atoms with van der Waals surface area (Å²) < 4.78 is 5.25. The number of aliphatic imine (C=N–C) groups is 1. The molecule has 0 saturated heterocycles. The molecule has 0 saturated carbocycles. The third-order valence-corrected chi connectivity index (χ3v) is 11.7. The van der Waals surface area contributed by atoms with Gasteiger partial charge in [-0.2, -0.15) is 0 Å². The van der Waals surface area contributed by atoms with E-state index in [2.05, 4.69) is 153 Å². The Hall–Kier alpha value is -5.03. The van der Waals surface area contributed by atoms with E-state index in [1.54, 1.807) is 0 Å². The maximum Gasteiger partial charge on any atom is 0.133 e. The van der Waals surface area contributed by atoms with Gasteiger partial charge in [0.15, 0.2) is 0 Å². The number of aryl methyl sites for hydroxylation is 2. The maximum absolute atomic E-state index is 5.39. The van der Waals surface area contributed by atoms with Crippen LogP contribution >= 0.6 is 22.7 Å². The average Bonchev–Trinajstić information content (AvgIpc) is 3.69. The first-order chi connectivity index (χ1) is 23.1. The second kappa shape index (κ2) is 11.3. The Morgan fingerprint density at radius 1 is 0.596 bits per heavy atom. The second-order valence-electron chi connectivity index (χ2n) is 12.3. The molecule has 0 amide bonds. The summed E-state index contributed by atoms with van der Waals surface area (Å²) in [6.45, 7) is 4.43. The Balaban J connectivity index is 1.17. The van der Waals surface area contributed by atoms with E-state index in [1.165, 1.54) is 73.7 Å². The number of hydrogen-bond donors (Lipinski definition) is 1. The molecular weight excluding hydrogens is 609 g/mol. The zero-order valence-electron chi connectivity index (χ0n) is 26.2. The van der Waals surface area contributed by atoms with Crippen molar-refractivity contribution in [1.82, 2.24) is 5.32 Å². The summed E-state index contributed by atoms with van der Waals surface area (Å²) in [5.74, 6) is 0.909. The van der Waals surface area contributed by atoms with Gasteiger partial charge in [-0.1, -0.05) is 104 Å². The number of fused-ring (bicyclic) bond motifs is 6. The minimum absolute atomic E-state index is 0.116. The molecule has 0 aliphatic carbocycles. The Morgan fingerprint density at radius 2 is 1.23 bits per heavy atom. The van der Waals surface area contributed by atoms with Gasteiger partial charge in [0, 0.05) is 51.6 Å². The SMILES string of the molecule is CCc1cc(C2=NC(c3ccc4c(c3)sc3ccccc34)C=C(c3ccc4c(c3)sc3ccccc34)N2)ccc1-c1ccccc1C. The van der Waals surface area contributed by atoms with E-state index in [4.69, 9.17) is 4.99 Å². The van der Waals surface area contributed by atoms with E-state index >= 15 is 0 Å². The lowest BCUT2D eigenvalue weighted by Crippen LogP contribution is -2.27. The summed E-state index contributed by atoms with van der Waals surface area (Å²) in [6.07, 6.45) is 3.25. The smallest absolute Gasteiger partial charge is 0.133 e. The summed E-state index contributed by atoms with van der Waals surface area (Å²) in [6, 6.07) is 46.5. The van der Waals surface area contributed by atoms with Gasteiger partial charge in [-0.05, 0) is 83.1 Å². The van der Waals surface area contributed by atoms with Crippen molar-refractivity contribution in [1.29, 1.82) is 0 Å². The highest BCUT2D eigenvalue weighted by Crippen LogP contribution is 2.39. The van der Waals surface area contributed by atoms with Crippen molar-refractivity contribution in [3.63, 3.8) is 0 Å². The molecule has 47 heavy (non-hydrogen) atoms. The van der Waals surface area contributed by atoms with Crippen LogP contribution in [0.3, 0.4) is 0 Å². The number of amidine groups is 1. The Labute approximate surface area is 282 Å². The largest absolute Gasteiger partial charge is 0.340 e. The minimum atomic E-state index is -0.116. The minimum Gasteiger partial charge on any atom is -0.340 e. The second-order valence-corrected chi connectivity index (χ2v) is 14.5. The third-order valence-electron chi connectivity index (χ3n) is 9.47. The van der Waals surface area contributed by atoms with Crippen molar-refractivity contribution in [3.05, 3.63) is 161 Å². The van der Waals surface area contributed by atoms with Crippen LogP contribution in [0, 0.1) is 6.92 Å². The molecule has 6 aromatic carbocycles. The van der Waals surface area contributed by atoms with Crippen molar-refractivity contribution in [2.45, 2.75) is 26.3 Å². The fourth-order valence-corrected chi connectivity index (χ4v) is 9.31. The van der Waals surface area contributed by atoms with E-state index in [9.17, 15) is 0 Å². The van der Waals surface area contributed by atoms with Crippen molar-refractivity contribution in [3.8, 4) is 11.1 Å². The molecule has 1 aliphatic rings. The fraction of sp³-hybridized carbons (Fsp3) is 0.0930. The molecule has 0 bridgehead atoms. The molecule has 0 radical (unpaired) electrons. The van der Waals surface area contributed by atoms with Crippen molar-refractivity contribution >= 4 is 74.6 Å². The fourth-order valence-electron chi connectivity index (χ4n) is 7.01. The number of nitrogens with one attached hydrogen (secondary N) is 1. The summed E-state index contributed by atoms with van der Waals surface area (Å²) in [5.41, 5.74) is 9.79. The van der Waals surface area contributed by atoms with Gasteiger partial charge in [0.1, 0.15) is 5.84 Å². The quantitative estimate of drug-likeness (QED) is 0.199. The number of rotatable bonds is 5. The van der Waals surface area contributed by atoms with Gasteiger partial charge in [0.05, 0.1) is 6.04 Å². The number of hydrogen-bond acceptors (Lipinski definition) is 4. The first-order valence-electron chi connectivity index (χ1n) is 16.2. The molecule has 4 heteroatoms. The van der Waals surface area contributed by atoms with Gasteiger partial charge in [-0.15, -0.1) is 22.7 Å². The van der Waals surface area contributed by atoms with Gasteiger partial charge in [0.2, 0.25) is 0 Å². The van der Waals surface area contributed by atoms with Crippen molar-refractivity contribution in [2.75, 3.05) is 0 Å². The molecule has 9 rings (SSSR count). The van der Waals surface area contributed by atoms with Gasteiger partial charge >= 0.3 is 0 Å². The molecule has 0 spiro atoms. The van der Waals surface area contributed by atoms with Crippen LogP contribution in [0.2, 0.25) is 0 Å². The third kappa shape index (κ3) is 4.88. The number of nitrogens with zero attached hydrogens (tertiary/aromatic N) is 1. The van der Waals surface area contributed by atoms with Crippen LogP contribution in [0.15, 0.2) is 138 Å². The summed E-state index contributed by atoms with van der Waals surface area (Å²) in [7, 11) is 0. The van der Waals surface area contributed by atoms with Crippen LogP contribution in [0.1, 0.15) is 40.8 Å². The number of thiophene rings is 2. The zero-order chi connectivity index (χ0) is 31.5. The van der Waals surface area contributed by atoms with Crippen LogP contribution in [0.25, 0.3) is 57.2 Å². The Bertz CT molecular complexity index is 2560. The van der Waals surface area contributed by atoms with E-state index in [1.807, 2.05) is 22.7 Å². The lowest BCUT2D eigenvalue weighted by Gasteiger charge is -2.24. The predicted molar refractivity (Wildman–Crippen MR) is 205 cm³/mol. The molecule has 1 aliphatic heterocycles. The molecule has 3 heterocycles. The first kappa shape index (κ1) is 28.2. The molecule has 226 valence electrons. The van der Waals surface area contributed by atoms with Gasteiger partial charge < -0.3 is 5.32 Å². The van der Waals surface area contributed by atoms with Crippen LogP contribution in [0.4, 0.5) is 0 Å². The van der Waals surface area contributed by atoms with E-state index in [0.29, 0.717) is 0 Å². The van der Waals surface area contributed by atoms with Crippen LogP contribution < -0.4 is 5.32 Å². The van der Waals surface area contributed by atoms with Crippen LogP contribution in [-0.4, -0.2) is 5.84 Å². The monoisotopic (exact) mass is 640 g/mol. The van der Waals surface area contributed by atoms with E-state index in [0.717, 1.165) is 23.5 Å². The first-order valence-corrected chi connectivity index (χ1v) is 17.8. The zero-order valence-corrected chi connectivity index (χ0v) is 27.9. The Morgan fingerprint density at radius 3 is 1.98 bits per heavy atom. The highest BCUT2D eigenvalue weighted by atomic mass is 32.1. The molecule has 2 nitrogen and oxygen atoms in total. The lowest BCUT2D eigenvalue weighted by atomic mass is 9.92. The maximum atomic E-state index is 5.39. The average molecular weight is 641 g/mol. The number of benzene rings is 6. The lowest BCUT2D eigenvalue weighted by molar-refractivity contribution is 0.882. The van der Waals surface area contributed by atoms with E-state index in [-0.39, 0.29) is 6.04 Å². The molecule has 0 fully saturated rings. The summed E-state index contributed by atoms with van der Waals surface area (Å²) >= 11 is 3.72. The van der Waals surface area contributed by atoms with Gasteiger partial charge in [-0.25, -0.2) is 0 Å². The molecule has 1 atom stereocenters. The predicted octanol–water partition coefficient (Wildman–Crippen LogP) is 12.1. The standard InChI is InChI=1S/C43H32N2S2/c1-3-27-22-30(18-19-32(27)31-11-5-4-10-26(31)2)43-44-37(28-16-20-35-33-12-6-8-14-39(33)46-41(35)23-28)25-38(45-43)29-17-21-36-34-13-7-9-15-40(34)47-42(36)24-29/h4-25,37H,3H2,1-2H3,(H,44,45). The molecular formula is C43H32N2S2. The summed E-state index contributed by atoms with van der Waals surface area (Å²) in [5, 5.41) is 9.05. The van der Waals surface area contributed by atoms with Crippen molar-refractivity contribution in [2.24, 2.45) is 4.99 Å². The Kier molecular flexibility index (Phi) is 6.81. The molecule has 8 aromatic rings. The highest BCUT2D eigenvalue weighted by Gasteiger charge is 2.22. The van der Waals surface area contributed by atoms with Crippen LogP contribution in [-0.2, 0) is 6.42 Å².